The van der Waals surface area contributed by atoms with E-state index in [9.17, 15) is 29.1 Å². The van der Waals surface area contributed by atoms with Crippen molar-refractivity contribution in [2.45, 2.75) is 43.9 Å². The minimum atomic E-state index is -1.11. The average molecular weight is 571 g/mol. The number of carbonyl (C=O) groups excluding carboxylic acids is 4. The van der Waals surface area contributed by atoms with Crippen molar-refractivity contribution in [1.82, 2.24) is 25.5 Å². The Morgan fingerprint density at radius 3 is 2.60 bits per heavy atom. The van der Waals surface area contributed by atoms with Crippen molar-refractivity contribution in [3.8, 4) is 0 Å². The van der Waals surface area contributed by atoms with Gasteiger partial charge in [0.1, 0.15) is 29.2 Å². The van der Waals surface area contributed by atoms with E-state index in [-0.39, 0.29) is 35.8 Å². The molecule has 1 aliphatic heterocycles. The van der Waals surface area contributed by atoms with Gasteiger partial charge in [-0.2, -0.15) is 0 Å². The maximum Gasteiger partial charge on any atom is 0.343 e. The predicted octanol–water partition coefficient (Wildman–Crippen LogP) is 1.64. The van der Waals surface area contributed by atoms with Crippen LogP contribution in [0.5, 0.6) is 0 Å². The highest BCUT2D eigenvalue weighted by atomic mass is 32.2. The van der Waals surface area contributed by atoms with Gasteiger partial charge in [-0.1, -0.05) is 30.0 Å². The van der Waals surface area contributed by atoms with Crippen LogP contribution in [-0.2, 0) is 19.1 Å². The number of aliphatic carboxylic acids is 1. The molecule has 40 heavy (non-hydrogen) atoms. The SMILES string of the molecule is CCOC(=O)c1cnc(SC)nc1N/C=C(\NC(=O)c1ccccc1)C(=O)NC(C)C(=O)N1CCCC1C(=O)O. The van der Waals surface area contributed by atoms with E-state index >= 15 is 0 Å². The molecule has 2 aromatic rings. The zero-order valence-corrected chi connectivity index (χ0v) is 23.0. The van der Waals surface area contributed by atoms with Crippen LogP contribution in [0.1, 0.15) is 47.4 Å². The van der Waals surface area contributed by atoms with E-state index in [0.29, 0.717) is 18.0 Å². The number of carboxylic acid groups (broad SMARTS) is 1. The highest BCUT2D eigenvalue weighted by Crippen LogP contribution is 2.20. The predicted molar refractivity (Wildman–Crippen MR) is 145 cm³/mol. The molecular formula is C26H30N6O7S. The fourth-order valence-electron chi connectivity index (χ4n) is 3.89. The molecule has 3 rings (SSSR count). The van der Waals surface area contributed by atoms with Gasteiger partial charge in [0.2, 0.25) is 5.91 Å². The first-order valence-corrected chi connectivity index (χ1v) is 13.6. The summed E-state index contributed by atoms with van der Waals surface area (Å²) >= 11 is 1.22. The third-order valence-corrected chi connectivity index (χ3v) is 6.43. The standard InChI is InChI=1S/C26H30N6O7S/c1-4-39-25(38)17-13-28-26(40-3)31-20(17)27-14-18(30-21(33)16-9-6-5-7-10-16)22(34)29-15(2)23(35)32-12-8-11-19(32)24(36)37/h5-7,9-10,13-15,19H,4,8,11-12H2,1-3H3,(H,29,34)(H,30,33)(H,36,37)(H,27,28,31)/b18-14-. The zero-order valence-electron chi connectivity index (χ0n) is 22.2. The molecule has 1 aromatic carbocycles. The number of likely N-dealkylation sites (tertiary alicyclic amines) is 1. The largest absolute Gasteiger partial charge is 0.480 e. The first-order valence-electron chi connectivity index (χ1n) is 12.4. The summed E-state index contributed by atoms with van der Waals surface area (Å²) in [5.74, 6) is -3.78. The van der Waals surface area contributed by atoms with Crippen LogP contribution in [0.15, 0.2) is 53.6 Å². The summed E-state index contributed by atoms with van der Waals surface area (Å²) < 4.78 is 5.05. The molecule has 212 valence electrons. The number of ether oxygens (including phenoxy) is 1. The van der Waals surface area contributed by atoms with Crippen LogP contribution in [0.25, 0.3) is 0 Å². The van der Waals surface area contributed by atoms with Gasteiger partial charge < -0.3 is 30.7 Å². The number of thioether (sulfide) groups is 1. The van der Waals surface area contributed by atoms with Crippen molar-refractivity contribution in [3.63, 3.8) is 0 Å². The van der Waals surface area contributed by atoms with Crippen LogP contribution in [-0.4, -0.2) is 81.1 Å². The Labute approximate surface area is 234 Å². The molecule has 4 N–H and O–H groups in total. The number of amides is 3. The van der Waals surface area contributed by atoms with E-state index in [1.165, 1.54) is 29.8 Å². The highest BCUT2D eigenvalue weighted by Gasteiger charge is 2.36. The molecule has 2 atom stereocenters. The topological polar surface area (TPSA) is 180 Å². The summed E-state index contributed by atoms with van der Waals surface area (Å²) in [6.07, 6.45) is 5.02. The molecule has 1 aliphatic rings. The van der Waals surface area contributed by atoms with Gasteiger partial charge >= 0.3 is 11.9 Å². The molecule has 2 unspecified atom stereocenters. The first-order chi connectivity index (χ1) is 19.2. The lowest BCUT2D eigenvalue weighted by Crippen LogP contribution is -2.51. The van der Waals surface area contributed by atoms with Crippen LogP contribution in [0.3, 0.4) is 0 Å². The van der Waals surface area contributed by atoms with E-state index < -0.39 is 41.7 Å². The maximum atomic E-state index is 13.3. The second-order valence-corrected chi connectivity index (χ2v) is 9.36. The highest BCUT2D eigenvalue weighted by molar-refractivity contribution is 7.98. The van der Waals surface area contributed by atoms with Crippen molar-refractivity contribution in [3.05, 3.63) is 59.6 Å². The molecule has 1 fully saturated rings. The monoisotopic (exact) mass is 570 g/mol. The lowest BCUT2D eigenvalue weighted by molar-refractivity contribution is -0.149. The van der Waals surface area contributed by atoms with Crippen molar-refractivity contribution in [2.24, 2.45) is 0 Å². The number of anilines is 1. The second-order valence-electron chi connectivity index (χ2n) is 8.58. The molecule has 0 radical (unpaired) electrons. The van der Waals surface area contributed by atoms with Crippen LogP contribution >= 0.6 is 11.8 Å². The minimum Gasteiger partial charge on any atom is -0.480 e. The van der Waals surface area contributed by atoms with Crippen molar-refractivity contribution in [1.29, 1.82) is 0 Å². The molecule has 0 spiro atoms. The number of nitrogens with one attached hydrogen (secondary N) is 3. The number of nitrogens with zero attached hydrogens (tertiary/aromatic N) is 3. The Balaban J connectivity index is 1.88. The smallest absolute Gasteiger partial charge is 0.343 e. The summed E-state index contributed by atoms with van der Waals surface area (Å²) in [4.78, 5) is 72.6. The summed E-state index contributed by atoms with van der Waals surface area (Å²) in [5.41, 5.74) is -0.0169. The van der Waals surface area contributed by atoms with Crippen LogP contribution in [0.4, 0.5) is 5.82 Å². The Morgan fingerprint density at radius 2 is 1.95 bits per heavy atom. The Morgan fingerprint density at radius 1 is 1.23 bits per heavy atom. The van der Waals surface area contributed by atoms with Gasteiger partial charge in [0.15, 0.2) is 5.16 Å². The number of hydrogen-bond acceptors (Lipinski definition) is 10. The number of rotatable bonds is 11. The molecule has 0 aliphatic carbocycles. The van der Waals surface area contributed by atoms with E-state index in [1.807, 2.05) is 0 Å². The fourth-order valence-corrected chi connectivity index (χ4v) is 4.23. The zero-order chi connectivity index (χ0) is 29.2. The fraction of sp³-hybridized carbons (Fsp3) is 0.346. The number of carboxylic acids is 1. The van der Waals surface area contributed by atoms with Gasteiger partial charge in [0.25, 0.3) is 11.8 Å². The second kappa shape index (κ2) is 14.1. The van der Waals surface area contributed by atoms with Crippen LogP contribution < -0.4 is 16.0 Å². The number of hydrogen-bond donors (Lipinski definition) is 4. The molecule has 1 aromatic heterocycles. The number of benzene rings is 1. The number of carbonyl (C=O) groups is 5. The summed E-state index contributed by atoms with van der Waals surface area (Å²) in [7, 11) is 0. The third kappa shape index (κ3) is 7.56. The van der Waals surface area contributed by atoms with E-state index in [1.54, 1.807) is 43.5 Å². The Hall–Kier alpha value is -4.46. The molecule has 0 saturated carbocycles. The first kappa shape index (κ1) is 30.1. The van der Waals surface area contributed by atoms with E-state index in [4.69, 9.17) is 4.74 Å². The number of esters is 1. The van der Waals surface area contributed by atoms with Gasteiger partial charge in [0.05, 0.1) is 6.61 Å². The van der Waals surface area contributed by atoms with E-state index in [0.717, 1.165) is 6.20 Å². The summed E-state index contributed by atoms with van der Waals surface area (Å²) in [6, 6.07) is 6.08. The van der Waals surface area contributed by atoms with Crippen LogP contribution in [0, 0.1) is 0 Å². The lowest BCUT2D eigenvalue weighted by atomic mass is 10.2. The maximum absolute atomic E-state index is 13.3. The van der Waals surface area contributed by atoms with Crippen molar-refractivity contribution >= 4 is 47.2 Å². The molecule has 1 saturated heterocycles. The minimum absolute atomic E-state index is 0.00216. The molecule has 13 nitrogen and oxygen atoms in total. The normalized spacial score (nSPS) is 15.6. The quantitative estimate of drug-likeness (QED) is 0.133. The van der Waals surface area contributed by atoms with Gasteiger partial charge in [-0.3, -0.25) is 14.4 Å². The van der Waals surface area contributed by atoms with Crippen molar-refractivity contribution in [2.75, 3.05) is 24.7 Å². The van der Waals surface area contributed by atoms with Gasteiger partial charge in [0, 0.05) is 24.5 Å². The Bertz CT molecular complexity index is 1300. The van der Waals surface area contributed by atoms with Gasteiger partial charge in [-0.05, 0) is 45.1 Å². The Kier molecular flexibility index (Phi) is 10.6. The summed E-state index contributed by atoms with van der Waals surface area (Å²) in [6.45, 7) is 3.44. The third-order valence-electron chi connectivity index (χ3n) is 5.87. The molecule has 0 bridgehead atoms. The van der Waals surface area contributed by atoms with E-state index in [2.05, 4.69) is 25.9 Å². The van der Waals surface area contributed by atoms with Gasteiger partial charge in [-0.15, -0.1) is 0 Å². The summed E-state index contributed by atoms with van der Waals surface area (Å²) in [5, 5.41) is 17.5. The average Bonchev–Trinajstić information content (AvgIpc) is 3.45. The van der Waals surface area contributed by atoms with Crippen LogP contribution in [0.2, 0.25) is 0 Å². The number of aromatic nitrogens is 2. The molecular weight excluding hydrogens is 540 g/mol. The molecule has 3 amide bonds. The molecule has 2 heterocycles. The molecule has 14 heteroatoms. The van der Waals surface area contributed by atoms with Gasteiger partial charge in [-0.25, -0.2) is 19.6 Å². The lowest BCUT2D eigenvalue weighted by Gasteiger charge is -2.25. The van der Waals surface area contributed by atoms with Crippen molar-refractivity contribution < 1.29 is 33.8 Å².